The third kappa shape index (κ3) is 15.1. The van der Waals surface area contributed by atoms with Crippen LogP contribution in [0.2, 0.25) is 0 Å². The lowest BCUT2D eigenvalue weighted by Crippen LogP contribution is -1.93. The van der Waals surface area contributed by atoms with Crippen LogP contribution < -0.4 is 0 Å². The summed E-state index contributed by atoms with van der Waals surface area (Å²) in [5.74, 6) is -0.0922. The summed E-state index contributed by atoms with van der Waals surface area (Å²) in [5, 5.41) is 17.4. The second kappa shape index (κ2) is 16.1. The highest BCUT2D eigenvalue weighted by Crippen LogP contribution is 2.13. The highest BCUT2D eigenvalue weighted by Gasteiger charge is 1.99. The Morgan fingerprint density at radius 3 is 2.27 bits per heavy atom. The number of carboxylic acid groups (broad SMARTS) is 1. The van der Waals surface area contributed by atoms with Gasteiger partial charge in [0, 0.05) is 12.8 Å². The van der Waals surface area contributed by atoms with E-state index in [1.807, 2.05) is 6.08 Å². The molecule has 0 aromatic carbocycles. The Morgan fingerprint density at radius 2 is 1.64 bits per heavy atom. The number of unbranched alkanes of at least 4 members (excludes halogenated alkanes) is 7. The SMILES string of the molecule is CCCCCC=CCC=C(CCCCCCCC(=O)O)OO. The van der Waals surface area contributed by atoms with Gasteiger partial charge < -0.3 is 9.99 Å². The first-order valence-corrected chi connectivity index (χ1v) is 8.58. The van der Waals surface area contributed by atoms with Crippen LogP contribution in [-0.2, 0) is 9.68 Å². The molecule has 22 heavy (non-hydrogen) atoms. The second-order valence-electron chi connectivity index (χ2n) is 5.63. The first-order chi connectivity index (χ1) is 10.7. The molecule has 0 aromatic heterocycles. The van der Waals surface area contributed by atoms with Crippen LogP contribution in [0.3, 0.4) is 0 Å². The van der Waals surface area contributed by atoms with Crippen molar-refractivity contribution in [3.63, 3.8) is 0 Å². The number of aliphatic carboxylic acids is 1. The number of carboxylic acids is 1. The van der Waals surface area contributed by atoms with Crippen molar-refractivity contribution >= 4 is 5.97 Å². The molecule has 0 unspecified atom stereocenters. The molecule has 0 bridgehead atoms. The molecule has 0 fully saturated rings. The molecule has 0 saturated carbocycles. The fourth-order valence-electron chi connectivity index (χ4n) is 2.22. The van der Waals surface area contributed by atoms with Crippen LogP contribution in [0.15, 0.2) is 24.0 Å². The van der Waals surface area contributed by atoms with Gasteiger partial charge in [-0.2, -0.15) is 0 Å². The normalized spacial score (nSPS) is 12.0. The highest BCUT2D eigenvalue weighted by atomic mass is 17.1. The molecule has 0 atom stereocenters. The van der Waals surface area contributed by atoms with Crippen molar-refractivity contribution in [3.05, 3.63) is 24.0 Å². The predicted octanol–water partition coefficient (Wildman–Crippen LogP) is 5.70. The Kier molecular flexibility index (Phi) is 15.1. The molecular formula is C18H32O4. The third-order valence-corrected chi connectivity index (χ3v) is 3.55. The van der Waals surface area contributed by atoms with Crippen LogP contribution in [0, 0.1) is 0 Å². The van der Waals surface area contributed by atoms with E-state index in [9.17, 15) is 4.79 Å². The van der Waals surface area contributed by atoms with E-state index in [4.69, 9.17) is 10.4 Å². The maximum absolute atomic E-state index is 10.4. The van der Waals surface area contributed by atoms with Gasteiger partial charge in [-0.05, 0) is 38.2 Å². The van der Waals surface area contributed by atoms with E-state index in [2.05, 4.69) is 24.0 Å². The van der Waals surface area contributed by atoms with Crippen LogP contribution in [0.1, 0.15) is 84.0 Å². The molecule has 0 aliphatic carbocycles. The van der Waals surface area contributed by atoms with Crippen molar-refractivity contribution in [1.82, 2.24) is 0 Å². The van der Waals surface area contributed by atoms with E-state index in [0.29, 0.717) is 5.76 Å². The minimum Gasteiger partial charge on any atom is -0.481 e. The summed E-state index contributed by atoms with van der Waals surface area (Å²) in [7, 11) is 0. The summed E-state index contributed by atoms with van der Waals surface area (Å²) < 4.78 is 0. The van der Waals surface area contributed by atoms with Crippen molar-refractivity contribution in [1.29, 1.82) is 0 Å². The average Bonchev–Trinajstić information content (AvgIpc) is 2.50. The molecule has 0 saturated heterocycles. The molecule has 0 spiro atoms. The fourth-order valence-corrected chi connectivity index (χ4v) is 2.22. The third-order valence-electron chi connectivity index (χ3n) is 3.55. The number of carbonyl (C=O) groups is 1. The van der Waals surface area contributed by atoms with Crippen LogP contribution in [0.4, 0.5) is 0 Å². The summed E-state index contributed by atoms with van der Waals surface area (Å²) in [6.45, 7) is 2.20. The van der Waals surface area contributed by atoms with Gasteiger partial charge >= 0.3 is 5.97 Å². The van der Waals surface area contributed by atoms with Gasteiger partial charge in [-0.25, -0.2) is 5.26 Å². The first-order valence-electron chi connectivity index (χ1n) is 8.58. The van der Waals surface area contributed by atoms with Gasteiger partial charge in [0.25, 0.3) is 0 Å². The molecule has 2 N–H and O–H groups in total. The lowest BCUT2D eigenvalue weighted by atomic mass is 10.1. The van der Waals surface area contributed by atoms with E-state index in [0.717, 1.165) is 51.4 Å². The lowest BCUT2D eigenvalue weighted by molar-refractivity contribution is -0.206. The molecule has 0 aliphatic rings. The molecule has 0 aliphatic heterocycles. The fraction of sp³-hybridized carbons (Fsp3) is 0.722. The lowest BCUT2D eigenvalue weighted by Gasteiger charge is -2.03. The monoisotopic (exact) mass is 312 g/mol. The van der Waals surface area contributed by atoms with Gasteiger partial charge in [-0.1, -0.05) is 51.2 Å². The van der Waals surface area contributed by atoms with Crippen LogP contribution in [-0.4, -0.2) is 16.3 Å². The topological polar surface area (TPSA) is 66.8 Å². The largest absolute Gasteiger partial charge is 0.481 e. The Hall–Kier alpha value is -1.29. The smallest absolute Gasteiger partial charge is 0.303 e. The maximum Gasteiger partial charge on any atom is 0.303 e. The van der Waals surface area contributed by atoms with Gasteiger partial charge in [0.2, 0.25) is 0 Å². The van der Waals surface area contributed by atoms with Gasteiger partial charge in [0.15, 0.2) is 0 Å². The van der Waals surface area contributed by atoms with Crippen molar-refractivity contribution in [3.8, 4) is 0 Å². The average molecular weight is 312 g/mol. The number of allylic oxidation sites excluding steroid dienone is 4. The zero-order valence-electron chi connectivity index (χ0n) is 13.9. The van der Waals surface area contributed by atoms with Crippen molar-refractivity contribution in [2.75, 3.05) is 0 Å². The van der Waals surface area contributed by atoms with Crippen LogP contribution in [0.5, 0.6) is 0 Å². The minimum absolute atomic E-state index is 0.259. The van der Waals surface area contributed by atoms with Crippen molar-refractivity contribution in [2.24, 2.45) is 0 Å². The summed E-state index contributed by atoms with van der Waals surface area (Å²) in [6.07, 6.45) is 17.6. The molecular weight excluding hydrogens is 280 g/mol. The molecule has 0 rings (SSSR count). The molecule has 4 nitrogen and oxygen atoms in total. The Bertz CT molecular complexity index is 321. The first kappa shape index (κ1) is 20.7. The number of hydrogen-bond donors (Lipinski definition) is 2. The zero-order valence-corrected chi connectivity index (χ0v) is 13.9. The summed E-state index contributed by atoms with van der Waals surface area (Å²) in [6, 6.07) is 0. The van der Waals surface area contributed by atoms with Crippen LogP contribution >= 0.6 is 0 Å². The molecule has 0 aromatic rings. The second-order valence-corrected chi connectivity index (χ2v) is 5.63. The van der Waals surface area contributed by atoms with Gasteiger partial charge in [0.05, 0.1) is 0 Å². The molecule has 0 radical (unpaired) electrons. The zero-order chi connectivity index (χ0) is 16.5. The molecule has 4 heteroatoms. The number of rotatable bonds is 15. The summed E-state index contributed by atoms with van der Waals surface area (Å²) in [4.78, 5) is 14.8. The molecule has 128 valence electrons. The van der Waals surface area contributed by atoms with Crippen molar-refractivity contribution in [2.45, 2.75) is 84.0 Å². The van der Waals surface area contributed by atoms with E-state index in [1.54, 1.807) is 0 Å². The van der Waals surface area contributed by atoms with E-state index < -0.39 is 5.97 Å². The summed E-state index contributed by atoms with van der Waals surface area (Å²) in [5.41, 5.74) is 0. The van der Waals surface area contributed by atoms with Crippen molar-refractivity contribution < 1.29 is 20.0 Å². The van der Waals surface area contributed by atoms with E-state index >= 15 is 0 Å². The molecule has 0 heterocycles. The van der Waals surface area contributed by atoms with Gasteiger partial charge in [-0.15, -0.1) is 0 Å². The number of hydrogen-bond acceptors (Lipinski definition) is 3. The molecule has 0 amide bonds. The predicted molar refractivity (Wildman–Crippen MR) is 89.7 cm³/mol. The Labute approximate surface area is 134 Å². The highest BCUT2D eigenvalue weighted by molar-refractivity contribution is 5.66. The van der Waals surface area contributed by atoms with E-state index in [-0.39, 0.29) is 6.42 Å². The van der Waals surface area contributed by atoms with Gasteiger partial charge in [-0.3, -0.25) is 4.79 Å². The standard InChI is InChI=1S/C18H32O4/c1-2-3-4-5-6-8-11-14-17(22-21)15-12-9-7-10-13-16-18(19)20/h6,8,14,21H,2-5,7,9-13,15-16H2,1H3,(H,19,20). The Morgan fingerprint density at radius 1 is 0.955 bits per heavy atom. The van der Waals surface area contributed by atoms with Gasteiger partial charge in [0.1, 0.15) is 5.76 Å². The maximum atomic E-state index is 10.4. The minimum atomic E-state index is -0.721. The quantitative estimate of drug-likeness (QED) is 0.134. The van der Waals surface area contributed by atoms with E-state index in [1.165, 1.54) is 19.3 Å². The summed E-state index contributed by atoms with van der Waals surface area (Å²) >= 11 is 0. The van der Waals surface area contributed by atoms with Crippen LogP contribution in [0.25, 0.3) is 0 Å². The Balaban J connectivity index is 3.60.